The van der Waals surface area contributed by atoms with Gasteiger partial charge in [-0.15, -0.1) is 0 Å². The molecule has 0 bridgehead atoms. The monoisotopic (exact) mass is 504 g/mol. The van der Waals surface area contributed by atoms with Gasteiger partial charge in [0.15, 0.2) is 0 Å². The third-order valence-electron chi connectivity index (χ3n) is 5.01. The second-order valence-electron chi connectivity index (χ2n) is 7.71. The van der Waals surface area contributed by atoms with Crippen molar-refractivity contribution >= 4 is 35.1 Å². The first-order valence-corrected chi connectivity index (χ1v) is 11.1. The lowest BCUT2D eigenvalue weighted by Gasteiger charge is -2.36. The van der Waals surface area contributed by atoms with Gasteiger partial charge in [0.05, 0.1) is 23.5 Å². The van der Waals surface area contributed by atoms with Crippen LogP contribution in [0, 0.1) is 0 Å². The van der Waals surface area contributed by atoms with Crippen LogP contribution in [0.2, 0.25) is 0 Å². The summed E-state index contributed by atoms with van der Waals surface area (Å²) in [6.45, 7) is 7.78. The summed E-state index contributed by atoms with van der Waals surface area (Å²) in [6, 6.07) is 4.79. The van der Waals surface area contributed by atoms with Gasteiger partial charge < -0.3 is 25.7 Å². The summed E-state index contributed by atoms with van der Waals surface area (Å²) in [7, 11) is 0. The van der Waals surface area contributed by atoms with E-state index in [1.54, 1.807) is 19.1 Å². The summed E-state index contributed by atoms with van der Waals surface area (Å²) in [5, 5.41) is 22.1. The van der Waals surface area contributed by atoms with Crippen LogP contribution >= 0.6 is 0 Å². The number of hydrogen-bond acceptors (Lipinski definition) is 6. The maximum Gasteiger partial charge on any atom is 0.490 e. The van der Waals surface area contributed by atoms with Crippen molar-refractivity contribution in [1.29, 1.82) is 0 Å². The standard InChI is InChI=1S/C20H30N4O4.C2HF3O2/c1-3-5-8-21-19(26)14-23-9-11-24(12-10-23)17-7-6-15(20(27)28)13-16(17)22-18(25)4-2;3-2(4,5)1(6)7/h6-7,13H,3-5,8-12,14H2,1-2H3,(H,21,26)(H,22,25)(H,27,28);(H,6,7). The molecule has 0 spiro atoms. The van der Waals surface area contributed by atoms with Crippen LogP contribution < -0.4 is 15.5 Å². The van der Waals surface area contributed by atoms with Crippen molar-refractivity contribution < 1.29 is 42.6 Å². The number of aliphatic carboxylic acids is 1. The fourth-order valence-electron chi connectivity index (χ4n) is 3.09. The third-order valence-corrected chi connectivity index (χ3v) is 5.01. The molecule has 0 atom stereocenters. The van der Waals surface area contributed by atoms with E-state index >= 15 is 0 Å². The zero-order chi connectivity index (χ0) is 26.6. The van der Waals surface area contributed by atoms with Crippen molar-refractivity contribution in [3.8, 4) is 0 Å². The fraction of sp³-hybridized carbons (Fsp3) is 0.545. The van der Waals surface area contributed by atoms with Crippen molar-refractivity contribution in [1.82, 2.24) is 10.2 Å². The first kappa shape index (κ1) is 29.7. The van der Waals surface area contributed by atoms with Crippen molar-refractivity contribution in [2.45, 2.75) is 39.3 Å². The second kappa shape index (κ2) is 14.1. The summed E-state index contributed by atoms with van der Waals surface area (Å²) in [5.41, 5.74) is 1.45. The molecule has 2 rings (SSSR count). The van der Waals surface area contributed by atoms with Gasteiger partial charge in [-0.2, -0.15) is 13.2 Å². The van der Waals surface area contributed by atoms with Crippen LogP contribution in [0.25, 0.3) is 0 Å². The van der Waals surface area contributed by atoms with Gasteiger partial charge in [-0.3, -0.25) is 14.5 Å². The van der Waals surface area contributed by atoms with E-state index in [0.29, 0.717) is 38.3 Å². The normalized spacial score (nSPS) is 13.9. The molecule has 1 fully saturated rings. The molecule has 1 aromatic rings. The topological polar surface area (TPSA) is 139 Å². The SMILES string of the molecule is CCCCNC(=O)CN1CCN(c2ccc(C(=O)O)cc2NC(=O)CC)CC1.O=C(O)C(F)(F)F. The van der Waals surface area contributed by atoms with Crippen LogP contribution in [0.1, 0.15) is 43.5 Å². The van der Waals surface area contributed by atoms with Gasteiger partial charge in [0, 0.05) is 39.1 Å². The third kappa shape index (κ3) is 10.6. The molecule has 196 valence electrons. The van der Waals surface area contributed by atoms with Gasteiger partial charge in [-0.05, 0) is 24.6 Å². The average Bonchev–Trinajstić information content (AvgIpc) is 2.79. The molecular formula is C22H31F3N4O6. The number of benzene rings is 1. The Morgan fingerprint density at radius 1 is 1.00 bits per heavy atom. The molecule has 1 aliphatic rings. The highest BCUT2D eigenvalue weighted by Crippen LogP contribution is 2.28. The second-order valence-corrected chi connectivity index (χ2v) is 7.71. The van der Waals surface area contributed by atoms with E-state index < -0.39 is 18.1 Å². The van der Waals surface area contributed by atoms with Crippen molar-refractivity contribution in [2.24, 2.45) is 0 Å². The number of nitrogens with one attached hydrogen (secondary N) is 2. The molecule has 0 radical (unpaired) electrons. The number of carboxylic acid groups (broad SMARTS) is 2. The van der Waals surface area contributed by atoms with Crippen LogP contribution in [-0.2, 0) is 14.4 Å². The average molecular weight is 505 g/mol. The predicted molar refractivity (Wildman–Crippen MR) is 123 cm³/mol. The molecule has 35 heavy (non-hydrogen) atoms. The van der Waals surface area contributed by atoms with Gasteiger partial charge in [-0.1, -0.05) is 20.3 Å². The minimum atomic E-state index is -5.08. The number of alkyl halides is 3. The Kier molecular flexibility index (Phi) is 12.0. The predicted octanol–water partition coefficient (Wildman–Crippen LogP) is 2.40. The van der Waals surface area contributed by atoms with Crippen molar-refractivity contribution in [3.63, 3.8) is 0 Å². The number of piperazine rings is 1. The van der Waals surface area contributed by atoms with Crippen LogP contribution in [-0.4, -0.2) is 84.3 Å². The molecule has 1 aromatic carbocycles. The lowest BCUT2D eigenvalue weighted by atomic mass is 10.1. The number of carbonyl (C=O) groups excluding carboxylic acids is 2. The van der Waals surface area contributed by atoms with Gasteiger partial charge in [-0.25, -0.2) is 9.59 Å². The number of nitrogens with zero attached hydrogens (tertiary/aromatic N) is 2. The number of rotatable bonds is 9. The highest BCUT2D eigenvalue weighted by molar-refractivity contribution is 5.97. The summed E-state index contributed by atoms with van der Waals surface area (Å²) < 4.78 is 31.7. The largest absolute Gasteiger partial charge is 0.490 e. The van der Waals surface area contributed by atoms with E-state index in [1.165, 1.54) is 6.07 Å². The molecule has 13 heteroatoms. The minimum absolute atomic E-state index is 0.0450. The van der Waals surface area contributed by atoms with Crippen LogP contribution in [0.15, 0.2) is 18.2 Å². The van der Waals surface area contributed by atoms with Crippen LogP contribution in [0.5, 0.6) is 0 Å². The van der Waals surface area contributed by atoms with Gasteiger partial charge >= 0.3 is 18.1 Å². The fourth-order valence-corrected chi connectivity index (χ4v) is 3.09. The zero-order valence-corrected chi connectivity index (χ0v) is 19.7. The van der Waals surface area contributed by atoms with Gasteiger partial charge in [0.1, 0.15) is 0 Å². The number of carbonyl (C=O) groups is 4. The first-order chi connectivity index (χ1) is 16.4. The smallest absolute Gasteiger partial charge is 0.478 e. The quantitative estimate of drug-likeness (QED) is 0.376. The molecule has 2 amide bonds. The zero-order valence-electron chi connectivity index (χ0n) is 19.7. The van der Waals surface area contributed by atoms with Crippen molar-refractivity contribution in [2.75, 3.05) is 49.5 Å². The molecule has 1 heterocycles. The lowest BCUT2D eigenvalue weighted by Crippen LogP contribution is -2.49. The maximum atomic E-state index is 12.0. The van der Waals surface area contributed by atoms with E-state index in [0.717, 1.165) is 31.6 Å². The minimum Gasteiger partial charge on any atom is -0.478 e. The number of halogens is 3. The molecule has 1 saturated heterocycles. The highest BCUT2D eigenvalue weighted by Gasteiger charge is 2.38. The Hall–Kier alpha value is -3.35. The number of unbranched alkanes of at least 4 members (excludes halogenated alkanes) is 1. The van der Waals surface area contributed by atoms with E-state index in [9.17, 15) is 32.7 Å². The number of aromatic carboxylic acids is 1. The van der Waals surface area contributed by atoms with E-state index in [-0.39, 0.29) is 17.4 Å². The summed E-state index contributed by atoms with van der Waals surface area (Å²) >= 11 is 0. The van der Waals surface area contributed by atoms with Crippen LogP contribution in [0.4, 0.5) is 24.5 Å². The summed E-state index contributed by atoms with van der Waals surface area (Å²) in [6.07, 6.45) is -2.73. The molecule has 10 nitrogen and oxygen atoms in total. The maximum absolute atomic E-state index is 12.0. The number of hydrogen-bond donors (Lipinski definition) is 4. The highest BCUT2D eigenvalue weighted by atomic mass is 19.4. The molecular weight excluding hydrogens is 473 g/mol. The summed E-state index contributed by atoms with van der Waals surface area (Å²) in [5.74, 6) is -3.90. The number of amides is 2. The Morgan fingerprint density at radius 3 is 2.09 bits per heavy atom. The molecule has 0 unspecified atom stereocenters. The number of carboxylic acids is 2. The summed E-state index contributed by atoms with van der Waals surface area (Å²) in [4.78, 5) is 48.2. The van der Waals surface area contributed by atoms with Crippen LogP contribution in [0.3, 0.4) is 0 Å². The molecule has 1 aliphatic heterocycles. The molecule has 0 aliphatic carbocycles. The number of anilines is 2. The van der Waals surface area contributed by atoms with Crippen molar-refractivity contribution in [3.05, 3.63) is 23.8 Å². The molecule has 0 saturated carbocycles. The van der Waals surface area contributed by atoms with Gasteiger partial charge in [0.25, 0.3) is 0 Å². The Balaban J connectivity index is 0.000000762. The lowest BCUT2D eigenvalue weighted by molar-refractivity contribution is -0.192. The first-order valence-electron chi connectivity index (χ1n) is 11.1. The molecule has 0 aromatic heterocycles. The Bertz CT molecular complexity index is 886. The molecule has 4 N–H and O–H groups in total. The van der Waals surface area contributed by atoms with E-state index in [2.05, 4.69) is 27.4 Å². The Labute approximate surface area is 201 Å². The Morgan fingerprint density at radius 2 is 1.60 bits per heavy atom. The van der Waals surface area contributed by atoms with E-state index in [4.69, 9.17) is 9.90 Å². The van der Waals surface area contributed by atoms with Gasteiger partial charge in [0.2, 0.25) is 11.8 Å². The van der Waals surface area contributed by atoms with E-state index in [1.807, 2.05) is 0 Å².